The van der Waals surface area contributed by atoms with E-state index in [1.807, 2.05) is 26.0 Å². The molecule has 3 aromatic rings. The Bertz CT molecular complexity index is 1310. The van der Waals surface area contributed by atoms with Crippen LogP contribution in [0.2, 0.25) is 0 Å². The second-order valence-corrected chi connectivity index (χ2v) is 9.86. The number of hydrogen-bond acceptors (Lipinski definition) is 6. The first-order valence-corrected chi connectivity index (χ1v) is 13.0. The highest BCUT2D eigenvalue weighted by Gasteiger charge is 2.56. The molecule has 2 N–H and O–H groups in total. The Morgan fingerprint density at radius 3 is 2.41 bits per heavy atom. The first-order chi connectivity index (χ1) is 18.5. The zero-order valence-electron chi connectivity index (χ0n) is 22.3. The van der Waals surface area contributed by atoms with E-state index in [0.29, 0.717) is 41.4 Å². The molecule has 4 rings (SSSR count). The van der Waals surface area contributed by atoms with Crippen LogP contribution in [0.15, 0.2) is 54.6 Å². The van der Waals surface area contributed by atoms with Crippen LogP contribution in [0.1, 0.15) is 59.8 Å². The molecule has 0 radical (unpaired) electrons. The summed E-state index contributed by atoms with van der Waals surface area (Å²) in [7, 11) is 1.43. The number of methoxy groups -OCH3 is 1. The standard InChI is InChI=1S/C30H33F3N2O4/c1-4-34-18-20-15-24(21-7-5-19(2)6-8-21)35-28(16-20)29(37,30(31,32)33)14-13-25(36)22-9-12-26(27(17-22)38-3)39-23-10-11-23/h5-9,12,15-17,23,34,37H,4,10-11,13-14,18H2,1-3H3. The molecule has 0 aliphatic heterocycles. The maximum absolute atomic E-state index is 14.5. The number of hydrogen-bond donors (Lipinski definition) is 2. The molecule has 0 saturated heterocycles. The summed E-state index contributed by atoms with van der Waals surface area (Å²) < 4.78 is 54.5. The van der Waals surface area contributed by atoms with E-state index in [9.17, 15) is 23.1 Å². The molecule has 0 amide bonds. The van der Waals surface area contributed by atoms with Crippen LogP contribution in [0, 0.1) is 6.92 Å². The molecule has 1 aliphatic carbocycles. The lowest BCUT2D eigenvalue weighted by atomic mass is 9.89. The number of nitrogens with zero attached hydrogens (tertiary/aromatic N) is 1. The SMILES string of the molecule is CCNCc1cc(-c2ccc(C)cc2)nc(C(O)(CCC(=O)c2ccc(OC3CC3)c(OC)c2)C(F)(F)F)c1. The number of ketones is 1. The van der Waals surface area contributed by atoms with E-state index in [0.717, 1.165) is 18.4 Å². The van der Waals surface area contributed by atoms with E-state index < -0.39 is 36.1 Å². The average Bonchev–Trinajstić information content (AvgIpc) is 3.74. The van der Waals surface area contributed by atoms with Crippen molar-refractivity contribution in [2.24, 2.45) is 0 Å². The monoisotopic (exact) mass is 542 g/mol. The van der Waals surface area contributed by atoms with Crippen LogP contribution in [0.25, 0.3) is 11.3 Å². The van der Waals surface area contributed by atoms with E-state index in [1.165, 1.54) is 25.3 Å². The fourth-order valence-electron chi connectivity index (χ4n) is 4.20. The number of benzene rings is 2. The molecule has 1 fully saturated rings. The minimum atomic E-state index is -5.07. The second-order valence-electron chi connectivity index (χ2n) is 9.86. The number of aromatic nitrogens is 1. The van der Waals surface area contributed by atoms with Crippen LogP contribution < -0.4 is 14.8 Å². The third-order valence-corrected chi connectivity index (χ3v) is 6.72. The van der Waals surface area contributed by atoms with Gasteiger partial charge in [0.1, 0.15) is 0 Å². The summed E-state index contributed by atoms with van der Waals surface area (Å²) in [6.07, 6.45) is -4.52. The van der Waals surface area contributed by atoms with Gasteiger partial charge in [0.25, 0.3) is 0 Å². The first-order valence-electron chi connectivity index (χ1n) is 13.0. The number of Topliss-reactive ketones (excluding diaryl/α,β-unsaturated/α-hetero) is 1. The number of carbonyl (C=O) groups is 1. The van der Waals surface area contributed by atoms with Gasteiger partial charge in [0, 0.05) is 24.1 Å². The third kappa shape index (κ3) is 6.78. The van der Waals surface area contributed by atoms with Gasteiger partial charge in [-0.15, -0.1) is 0 Å². The molecule has 1 atom stereocenters. The number of pyridine rings is 1. The van der Waals surface area contributed by atoms with Crippen molar-refractivity contribution in [3.05, 3.63) is 77.0 Å². The van der Waals surface area contributed by atoms with E-state index in [2.05, 4.69) is 10.3 Å². The Morgan fingerprint density at radius 1 is 1.08 bits per heavy atom. The van der Waals surface area contributed by atoms with Crippen LogP contribution in [-0.4, -0.2) is 41.8 Å². The quantitative estimate of drug-likeness (QED) is 0.268. The normalized spacial score (nSPS) is 15.1. The Labute approximate surface area is 226 Å². The van der Waals surface area contributed by atoms with Gasteiger partial charge in [-0.2, -0.15) is 13.2 Å². The Morgan fingerprint density at radius 2 is 1.79 bits per heavy atom. The van der Waals surface area contributed by atoms with Gasteiger partial charge in [0.2, 0.25) is 5.60 Å². The zero-order valence-corrected chi connectivity index (χ0v) is 22.3. The van der Waals surface area contributed by atoms with Gasteiger partial charge in [-0.05, 0) is 68.6 Å². The van der Waals surface area contributed by atoms with Crippen LogP contribution >= 0.6 is 0 Å². The molecule has 6 nitrogen and oxygen atoms in total. The second kappa shape index (κ2) is 11.8. The third-order valence-electron chi connectivity index (χ3n) is 6.72. The van der Waals surface area contributed by atoms with Crippen molar-refractivity contribution in [2.75, 3.05) is 13.7 Å². The lowest BCUT2D eigenvalue weighted by Gasteiger charge is -2.30. The fourth-order valence-corrected chi connectivity index (χ4v) is 4.20. The van der Waals surface area contributed by atoms with Crippen molar-refractivity contribution >= 4 is 5.78 Å². The number of nitrogens with one attached hydrogen (secondary N) is 1. The molecule has 39 heavy (non-hydrogen) atoms. The van der Waals surface area contributed by atoms with Crippen LogP contribution in [0.5, 0.6) is 11.5 Å². The lowest BCUT2D eigenvalue weighted by molar-refractivity contribution is -0.270. The molecular formula is C30H33F3N2O4. The molecule has 1 heterocycles. The number of alkyl halides is 3. The number of aryl methyl sites for hydroxylation is 1. The van der Waals surface area contributed by atoms with E-state index in [4.69, 9.17) is 9.47 Å². The highest BCUT2D eigenvalue weighted by atomic mass is 19.4. The van der Waals surface area contributed by atoms with Gasteiger partial charge in [-0.1, -0.05) is 36.8 Å². The average molecular weight is 543 g/mol. The minimum Gasteiger partial charge on any atom is -0.493 e. The van der Waals surface area contributed by atoms with Gasteiger partial charge in [-0.3, -0.25) is 4.79 Å². The molecule has 0 spiro atoms. The van der Waals surface area contributed by atoms with Gasteiger partial charge in [0.05, 0.1) is 24.6 Å². The van der Waals surface area contributed by atoms with E-state index in [-0.39, 0.29) is 11.7 Å². The van der Waals surface area contributed by atoms with Crippen molar-refractivity contribution in [2.45, 2.75) is 64.0 Å². The minimum absolute atomic E-state index is 0.114. The van der Waals surface area contributed by atoms with Crippen LogP contribution in [-0.2, 0) is 12.1 Å². The number of aliphatic hydroxyl groups is 1. The Hall–Kier alpha value is -3.43. The summed E-state index contributed by atoms with van der Waals surface area (Å²) >= 11 is 0. The maximum atomic E-state index is 14.5. The summed E-state index contributed by atoms with van der Waals surface area (Å²) in [6.45, 7) is 4.71. The van der Waals surface area contributed by atoms with Crippen molar-refractivity contribution in [3.8, 4) is 22.8 Å². The lowest BCUT2D eigenvalue weighted by Crippen LogP contribution is -2.43. The smallest absolute Gasteiger partial charge is 0.422 e. The first kappa shape index (κ1) is 28.6. The zero-order chi connectivity index (χ0) is 28.2. The van der Waals surface area contributed by atoms with E-state index >= 15 is 0 Å². The molecular weight excluding hydrogens is 509 g/mol. The largest absolute Gasteiger partial charge is 0.493 e. The molecule has 1 saturated carbocycles. The van der Waals surface area contributed by atoms with E-state index in [1.54, 1.807) is 24.3 Å². The summed E-state index contributed by atoms with van der Waals surface area (Å²) in [5.74, 6) is 0.254. The maximum Gasteiger partial charge on any atom is 0.422 e. The number of carbonyl (C=O) groups excluding carboxylic acids is 1. The van der Waals surface area contributed by atoms with Crippen molar-refractivity contribution in [1.29, 1.82) is 0 Å². The highest BCUT2D eigenvalue weighted by Crippen LogP contribution is 2.43. The topological polar surface area (TPSA) is 80.7 Å². The van der Waals surface area contributed by atoms with Gasteiger partial charge in [-0.25, -0.2) is 4.98 Å². The number of halogens is 3. The summed E-state index contributed by atoms with van der Waals surface area (Å²) in [5.41, 5.74) is -1.22. The Balaban J connectivity index is 1.64. The van der Waals surface area contributed by atoms with Crippen molar-refractivity contribution < 1.29 is 32.5 Å². The van der Waals surface area contributed by atoms with Gasteiger partial charge in [0.15, 0.2) is 17.3 Å². The molecule has 9 heteroatoms. The predicted molar refractivity (Wildman–Crippen MR) is 142 cm³/mol. The molecule has 208 valence electrons. The Kier molecular flexibility index (Phi) is 8.61. The van der Waals surface area contributed by atoms with Gasteiger partial charge >= 0.3 is 6.18 Å². The fraction of sp³-hybridized carbons (Fsp3) is 0.400. The van der Waals surface area contributed by atoms with Crippen molar-refractivity contribution in [3.63, 3.8) is 0 Å². The van der Waals surface area contributed by atoms with Crippen molar-refractivity contribution in [1.82, 2.24) is 10.3 Å². The van der Waals surface area contributed by atoms with Crippen LogP contribution in [0.4, 0.5) is 13.2 Å². The highest BCUT2D eigenvalue weighted by molar-refractivity contribution is 5.96. The molecule has 1 unspecified atom stereocenters. The molecule has 1 aliphatic rings. The molecule has 1 aromatic heterocycles. The number of ether oxygens (including phenoxy) is 2. The number of rotatable bonds is 12. The van der Waals surface area contributed by atoms with Crippen LogP contribution in [0.3, 0.4) is 0 Å². The summed E-state index contributed by atoms with van der Waals surface area (Å²) in [5, 5.41) is 14.2. The summed E-state index contributed by atoms with van der Waals surface area (Å²) in [6, 6.07) is 14.7. The predicted octanol–water partition coefficient (Wildman–Crippen LogP) is 6.13. The molecule has 2 aromatic carbocycles. The van der Waals surface area contributed by atoms with Gasteiger partial charge < -0.3 is 19.9 Å². The summed E-state index contributed by atoms with van der Waals surface area (Å²) in [4.78, 5) is 17.2. The molecule has 0 bridgehead atoms.